The van der Waals surface area contributed by atoms with Gasteiger partial charge in [-0.25, -0.2) is 0 Å². The van der Waals surface area contributed by atoms with Crippen molar-refractivity contribution in [3.05, 3.63) is 59.7 Å². The van der Waals surface area contributed by atoms with Crippen LogP contribution in [0, 0.1) is 0 Å². The van der Waals surface area contributed by atoms with Gasteiger partial charge in [0.1, 0.15) is 11.8 Å². The maximum Gasteiger partial charge on any atom is 0.255 e. The largest absolute Gasteiger partial charge is 0.496 e. The van der Waals surface area contributed by atoms with E-state index in [2.05, 4.69) is 20.5 Å². The Morgan fingerprint density at radius 3 is 2.64 bits per heavy atom. The summed E-state index contributed by atoms with van der Waals surface area (Å²) in [4.78, 5) is 31.0. The molecule has 0 radical (unpaired) electrons. The molecule has 1 atom stereocenters. The van der Waals surface area contributed by atoms with Crippen LogP contribution in [-0.4, -0.2) is 45.0 Å². The van der Waals surface area contributed by atoms with Gasteiger partial charge >= 0.3 is 0 Å². The van der Waals surface area contributed by atoms with Crippen molar-refractivity contribution in [3.63, 3.8) is 0 Å². The van der Waals surface area contributed by atoms with Gasteiger partial charge in [0.15, 0.2) is 5.82 Å². The van der Waals surface area contributed by atoms with Crippen LogP contribution in [0.2, 0.25) is 0 Å². The van der Waals surface area contributed by atoms with Gasteiger partial charge in [0, 0.05) is 12.1 Å². The Labute approximate surface area is 161 Å². The summed E-state index contributed by atoms with van der Waals surface area (Å²) in [6.45, 7) is 2.09. The summed E-state index contributed by atoms with van der Waals surface area (Å²) in [5.41, 5.74) is 2.29. The summed E-state index contributed by atoms with van der Waals surface area (Å²) in [6.07, 6.45) is 0. The molecule has 0 saturated carbocycles. The van der Waals surface area contributed by atoms with Crippen molar-refractivity contribution in [3.8, 4) is 17.1 Å². The monoisotopic (exact) mass is 377 g/mol. The average Bonchev–Trinajstić information content (AvgIpc) is 3.32. The average molecular weight is 377 g/mol. The predicted molar refractivity (Wildman–Crippen MR) is 103 cm³/mol. The van der Waals surface area contributed by atoms with Gasteiger partial charge in [0.05, 0.1) is 12.7 Å². The maximum absolute atomic E-state index is 12.6. The van der Waals surface area contributed by atoms with E-state index in [-0.39, 0.29) is 17.8 Å². The molecule has 0 aliphatic carbocycles. The number of nitrogens with one attached hydrogen (secondary N) is 2. The van der Waals surface area contributed by atoms with Crippen molar-refractivity contribution in [1.29, 1.82) is 0 Å². The number of hydrogen-bond acceptors (Lipinski definition) is 5. The summed E-state index contributed by atoms with van der Waals surface area (Å²) in [7, 11) is 1.57. The van der Waals surface area contributed by atoms with Gasteiger partial charge < -0.3 is 9.64 Å². The molecule has 1 aliphatic heterocycles. The van der Waals surface area contributed by atoms with Crippen LogP contribution in [0.5, 0.6) is 5.75 Å². The molecule has 4 rings (SSSR count). The highest BCUT2D eigenvalue weighted by Crippen LogP contribution is 2.27. The molecule has 0 unspecified atom stereocenters. The zero-order valence-electron chi connectivity index (χ0n) is 15.5. The summed E-state index contributed by atoms with van der Waals surface area (Å²) in [6, 6.07) is 14.1. The zero-order valence-corrected chi connectivity index (χ0v) is 15.5. The maximum atomic E-state index is 12.6. The zero-order chi connectivity index (χ0) is 19.7. The Balaban J connectivity index is 1.48. The van der Waals surface area contributed by atoms with Gasteiger partial charge in [-0.3, -0.25) is 20.0 Å². The molecule has 2 N–H and O–H groups in total. The first-order valence-electron chi connectivity index (χ1n) is 8.84. The lowest BCUT2D eigenvalue weighted by molar-refractivity contribution is -0.120. The van der Waals surface area contributed by atoms with E-state index in [1.807, 2.05) is 42.5 Å². The fourth-order valence-corrected chi connectivity index (χ4v) is 3.22. The number of ether oxygens (including phenoxy) is 1. The molecule has 8 heteroatoms. The van der Waals surface area contributed by atoms with Crippen LogP contribution in [0.1, 0.15) is 22.8 Å². The number of fused-ring (bicyclic) bond motifs is 1. The first-order valence-corrected chi connectivity index (χ1v) is 8.84. The Kier molecular flexibility index (Phi) is 4.52. The molecule has 0 spiro atoms. The van der Waals surface area contributed by atoms with Crippen LogP contribution in [0.3, 0.4) is 0 Å². The van der Waals surface area contributed by atoms with E-state index in [1.54, 1.807) is 20.1 Å². The lowest BCUT2D eigenvalue weighted by atomic mass is 10.1. The highest BCUT2D eigenvalue weighted by atomic mass is 16.5. The fourth-order valence-electron chi connectivity index (χ4n) is 3.22. The second-order valence-electron chi connectivity index (χ2n) is 6.46. The first kappa shape index (κ1) is 17.7. The van der Waals surface area contributed by atoms with Crippen molar-refractivity contribution in [2.75, 3.05) is 12.4 Å². The van der Waals surface area contributed by atoms with E-state index in [0.717, 1.165) is 11.1 Å². The number of carbonyl (C=O) groups excluding carboxylic acids is 2. The number of aromatic amines is 1. The fraction of sp³-hybridized carbons (Fsp3) is 0.200. The highest BCUT2D eigenvalue weighted by molar-refractivity contribution is 6.03. The van der Waals surface area contributed by atoms with E-state index in [4.69, 9.17) is 4.74 Å². The predicted octanol–water partition coefficient (Wildman–Crippen LogP) is 2.46. The number of anilines is 1. The van der Waals surface area contributed by atoms with Gasteiger partial charge in [-0.2, -0.15) is 4.98 Å². The Bertz CT molecular complexity index is 1050. The summed E-state index contributed by atoms with van der Waals surface area (Å²) >= 11 is 0. The SMILES string of the molecule is COc1ccccc1-c1nc(NC(=O)[C@H](C)N2Cc3ccccc3C2=O)n[nH]1. The minimum atomic E-state index is -0.659. The van der Waals surface area contributed by atoms with Crippen LogP contribution >= 0.6 is 0 Å². The number of carbonyl (C=O) groups is 2. The first-order chi connectivity index (χ1) is 13.6. The van der Waals surface area contributed by atoms with Crippen molar-refractivity contribution >= 4 is 17.8 Å². The van der Waals surface area contributed by atoms with Gasteiger partial charge in [-0.15, -0.1) is 5.10 Å². The molecule has 1 aromatic heterocycles. The molecule has 0 bridgehead atoms. The summed E-state index contributed by atoms with van der Waals surface area (Å²) in [5, 5.41) is 9.51. The topological polar surface area (TPSA) is 100 Å². The molecule has 2 amide bonds. The third kappa shape index (κ3) is 3.09. The van der Waals surface area contributed by atoms with Crippen molar-refractivity contribution in [1.82, 2.24) is 20.1 Å². The number of aromatic nitrogens is 3. The molecule has 28 heavy (non-hydrogen) atoms. The third-order valence-corrected chi connectivity index (χ3v) is 4.78. The molecule has 1 aliphatic rings. The molecule has 0 fully saturated rings. The molecule has 0 saturated heterocycles. The minimum absolute atomic E-state index is 0.141. The Morgan fingerprint density at radius 2 is 1.89 bits per heavy atom. The van der Waals surface area contributed by atoms with Crippen LogP contribution in [0.4, 0.5) is 5.95 Å². The van der Waals surface area contributed by atoms with Gasteiger partial charge in [0.2, 0.25) is 11.9 Å². The van der Waals surface area contributed by atoms with Crippen LogP contribution in [0.25, 0.3) is 11.4 Å². The molecular formula is C20H19N5O3. The molecule has 3 aromatic rings. The van der Waals surface area contributed by atoms with Crippen LogP contribution in [0.15, 0.2) is 48.5 Å². The molecule has 2 heterocycles. The molecule has 142 valence electrons. The van der Waals surface area contributed by atoms with Crippen LogP contribution < -0.4 is 10.1 Å². The normalized spacial score (nSPS) is 13.9. The Hall–Kier alpha value is -3.68. The van der Waals surface area contributed by atoms with Crippen molar-refractivity contribution in [2.24, 2.45) is 0 Å². The molecule has 8 nitrogen and oxygen atoms in total. The van der Waals surface area contributed by atoms with E-state index in [0.29, 0.717) is 23.7 Å². The minimum Gasteiger partial charge on any atom is -0.496 e. The molecule has 2 aromatic carbocycles. The van der Waals surface area contributed by atoms with E-state index >= 15 is 0 Å². The summed E-state index contributed by atoms with van der Waals surface area (Å²) in [5.74, 6) is 0.756. The van der Waals surface area contributed by atoms with E-state index in [9.17, 15) is 9.59 Å². The molecular weight excluding hydrogens is 358 g/mol. The standard InChI is InChI=1S/C20H19N5O3/c1-12(25-11-13-7-3-4-8-14(13)19(25)27)18(26)22-20-21-17(23-24-20)15-9-5-6-10-16(15)28-2/h3-10,12H,11H2,1-2H3,(H2,21,22,23,24,26)/t12-/m0/s1. The van der Waals surface area contributed by atoms with Crippen molar-refractivity contribution < 1.29 is 14.3 Å². The van der Waals surface area contributed by atoms with Gasteiger partial charge in [0.25, 0.3) is 5.91 Å². The van der Waals surface area contributed by atoms with E-state index in [1.165, 1.54) is 4.90 Å². The number of amides is 2. The second kappa shape index (κ2) is 7.15. The van der Waals surface area contributed by atoms with Crippen LogP contribution in [-0.2, 0) is 11.3 Å². The number of methoxy groups -OCH3 is 1. The van der Waals surface area contributed by atoms with E-state index < -0.39 is 6.04 Å². The highest BCUT2D eigenvalue weighted by Gasteiger charge is 2.33. The number of hydrogen-bond donors (Lipinski definition) is 2. The summed E-state index contributed by atoms with van der Waals surface area (Å²) < 4.78 is 5.32. The number of nitrogens with zero attached hydrogens (tertiary/aromatic N) is 3. The lowest BCUT2D eigenvalue weighted by Crippen LogP contribution is -2.42. The smallest absolute Gasteiger partial charge is 0.255 e. The number of rotatable bonds is 5. The third-order valence-electron chi connectivity index (χ3n) is 4.78. The number of para-hydroxylation sites is 1. The quantitative estimate of drug-likeness (QED) is 0.711. The van der Waals surface area contributed by atoms with Gasteiger partial charge in [-0.05, 0) is 30.7 Å². The van der Waals surface area contributed by atoms with Crippen molar-refractivity contribution in [2.45, 2.75) is 19.5 Å². The Morgan fingerprint density at radius 1 is 1.18 bits per heavy atom. The van der Waals surface area contributed by atoms with Gasteiger partial charge in [-0.1, -0.05) is 30.3 Å². The second-order valence-corrected chi connectivity index (χ2v) is 6.46. The lowest BCUT2D eigenvalue weighted by Gasteiger charge is -2.22. The number of H-pyrrole nitrogens is 1. The number of benzene rings is 2.